The number of imidazole rings is 1. The summed E-state index contributed by atoms with van der Waals surface area (Å²) in [6.45, 7) is 6.04. The molecule has 0 aliphatic carbocycles. The molecule has 0 unspecified atom stereocenters. The van der Waals surface area contributed by atoms with Gasteiger partial charge in [-0.15, -0.1) is 0 Å². The fraction of sp³-hybridized carbons (Fsp3) is 0.389. The molecule has 130 valence electrons. The minimum Gasteiger partial charge on any atom is -0.497 e. The third kappa shape index (κ3) is 2.56. The van der Waals surface area contributed by atoms with E-state index in [2.05, 4.69) is 23.7 Å². The lowest BCUT2D eigenvalue weighted by Gasteiger charge is -2.31. The minimum atomic E-state index is -0.0188. The van der Waals surface area contributed by atoms with E-state index in [1.807, 2.05) is 24.3 Å². The monoisotopic (exact) mass is 339 g/mol. The van der Waals surface area contributed by atoms with Crippen LogP contribution in [0.3, 0.4) is 0 Å². The fourth-order valence-corrected chi connectivity index (χ4v) is 3.28. The van der Waals surface area contributed by atoms with Gasteiger partial charge in [0.1, 0.15) is 11.6 Å². The number of anilines is 1. The summed E-state index contributed by atoms with van der Waals surface area (Å²) in [6.07, 6.45) is 1.63. The molecule has 1 aliphatic rings. The topological polar surface area (TPSA) is 64.7 Å². The number of nitrogens with zero attached hydrogens (tertiary/aromatic N) is 5. The summed E-state index contributed by atoms with van der Waals surface area (Å²) in [4.78, 5) is 19.4. The van der Waals surface area contributed by atoms with Crippen molar-refractivity contribution in [3.05, 3.63) is 52.5 Å². The SMILES string of the molecule is COc1cccc(N2CCn3c(nn4c(C(C)C)ncc4c3=O)C2)c1. The first-order valence-corrected chi connectivity index (χ1v) is 8.45. The third-order valence-electron chi connectivity index (χ3n) is 4.62. The number of benzene rings is 1. The second-order valence-corrected chi connectivity index (χ2v) is 6.56. The van der Waals surface area contributed by atoms with Gasteiger partial charge in [0.25, 0.3) is 5.56 Å². The van der Waals surface area contributed by atoms with Crippen molar-refractivity contribution in [2.75, 3.05) is 18.6 Å². The molecule has 7 heteroatoms. The maximum atomic E-state index is 12.8. The van der Waals surface area contributed by atoms with Crippen LogP contribution >= 0.6 is 0 Å². The lowest BCUT2D eigenvalue weighted by atomic mass is 10.2. The van der Waals surface area contributed by atoms with Gasteiger partial charge in [-0.3, -0.25) is 9.36 Å². The molecule has 1 aromatic carbocycles. The highest BCUT2D eigenvalue weighted by molar-refractivity contribution is 5.51. The predicted octanol–water partition coefficient (Wildman–Crippen LogP) is 2.04. The van der Waals surface area contributed by atoms with Crippen LogP contribution in [0.2, 0.25) is 0 Å². The van der Waals surface area contributed by atoms with Crippen molar-refractivity contribution in [3.8, 4) is 5.75 Å². The summed E-state index contributed by atoms with van der Waals surface area (Å²) >= 11 is 0. The van der Waals surface area contributed by atoms with E-state index in [0.717, 1.165) is 29.6 Å². The summed E-state index contributed by atoms with van der Waals surface area (Å²) in [7, 11) is 1.66. The van der Waals surface area contributed by atoms with Crippen LogP contribution in [0, 0.1) is 0 Å². The summed E-state index contributed by atoms with van der Waals surface area (Å²) in [6, 6.07) is 7.95. The van der Waals surface area contributed by atoms with Crippen molar-refractivity contribution in [2.45, 2.75) is 32.9 Å². The maximum absolute atomic E-state index is 12.8. The van der Waals surface area contributed by atoms with Gasteiger partial charge in [0.2, 0.25) is 0 Å². The first kappa shape index (κ1) is 15.7. The lowest BCUT2D eigenvalue weighted by Crippen LogP contribution is -2.41. The van der Waals surface area contributed by atoms with Crippen molar-refractivity contribution in [3.63, 3.8) is 0 Å². The van der Waals surface area contributed by atoms with Crippen LogP contribution in [0.5, 0.6) is 5.75 Å². The Morgan fingerprint density at radius 2 is 2.08 bits per heavy atom. The van der Waals surface area contributed by atoms with Gasteiger partial charge < -0.3 is 9.64 Å². The van der Waals surface area contributed by atoms with Gasteiger partial charge in [-0.05, 0) is 12.1 Å². The van der Waals surface area contributed by atoms with Crippen molar-refractivity contribution < 1.29 is 4.74 Å². The van der Waals surface area contributed by atoms with Gasteiger partial charge in [0.05, 0.1) is 19.9 Å². The molecule has 0 fully saturated rings. The van der Waals surface area contributed by atoms with E-state index in [0.29, 0.717) is 18.6 Å². The highest BCUT2D eigenvalue weighted by Gasteiger charge is 2.22. The number of hydrogen-bond donors (Lipinski definition) is 0. The van der Waals surface area contributed by atoms with Crippen molar-refractivity contribution in [2.24, 2.45) is 0 Å². The van der Waals surface area contributed by atoms with Crippen LogP contribution in [-0.4, -0.2) is 32.8 Å². The van der Waals surface area contributed by atoms with E-state index in [1.165, 1.54) is 0 Å². The number of fused-ring (bicyclic) bond motifs is 2. The molecule has 0 saturated heterocycles. The molecule has 0 atom stereocenters. The molecule has 3 aromatic rings. The highest BCUT2D eigenvalue weighted by atomic mass is 16.5. The first-order chi connectivity index (χ1) is 12.1. The molecule has 2 aromatic heterocycles. The van der Waals surface area contributed by atoms with Crippen LogP contribution in [0.4, 0.5) is 5.69 Å². The Kier molecular flexibility index (Phi) is 3.71. The van der Waals surface area contributed by atoms with Crippen LogP contribution in [0.1, 0.15) is 31.4 Å². The zero-order valence-electron chi connectivity index (χ0n) is 14.6. The molecule has 0 spiro atoms. The van der Waals surface area contributed by atoms with Crippen LogP contribution in [0.25, 0.3) is 5.52 Å². The molecule has 25 heavy (non-hydrogen) atoms. The molecule has 1 aliphatic heterocycles. The summed E-state index contributed by atoms with van der Waals surface area (Å²) in [5.41, 5.74) is 1.59. The molecule has 7 nitrogen and oxygen atoms in total. The number of ether oxygens (including phenoxy) is 1. The molecule has 0 radical (unpaired) electrons. The maximum Gasteiger partial charge on any atom is 0.279 e. The van der Waals surface area contributed by atoms with Crippen molar-refractivity contribution >= 4 is 11.2 Å². The van der Waals surface area contributed by atoms with Crippen LogP contribution in [-0.2, 0) is 13.1 Å². The quantitative estimate of drug-likeness (QED) is 0.731. The third-order valence-corrected chi connectivity index (χ3v) is 4.62. The first-order valence-electron chi connectivity index (χ1n) is 8.45. The normalized spacial score (nSPS) is 14.2. The van der Waals surface area contributed by atoms with Gasteiger partial charge in [0, 0.05) is 30.8 Å². The number of aromatic nitrogens is 4. The van der Waals surface area contributed by atoms with Crippen molar-refractivity contribution in [1.29, 1.82) is 0 Å². The summed E-state index contributed by atoms with van der Waals surface area (Å²) in [5, 5.41) is 4.72. The van der Waals surface area contributed by atoms with Crippen LogP contribution in [0.15, 0.2) is 35.3 Å². The Bertz CT molecular complexity index is 989. The van der Waals surface area contributed by atoms with Gasteiger partial charge in [-0.25, -0.2) is 9.50 Å². The smallest absolute Gasteiger partial charge is 0.279 e. The van der Waals surface area contributed by atoms with Crippen LogP contribution < -0.4 is 15.2 Å². The average molecular weight is 339 g/mol. The number of hydrogen-bond acceptors (Lipinski definition) is 5. The van der Waals surface area contributed by atoms with E-state index in [-0.39, 0.29) is 11.5 Å². The Hall–Kier alpha value is -2.83. The van der Waals surface area contributed by atoms with E-state index >= 15 is 0 Å². The Labute approximate surface area is 145 Å². The summed E-state index contributed by atoms with van der Waals surface area (Å²) in [5.74, 6) is 2.59. The molecular formula is C18H21N5O2. The standard InChI is InChI=1S/C18H21N5O2/c1-12(2)17-19-10-15-18(24)22-8-7-21(11-16(22)20-23(15)17)13-5-4-6-14(9-13)25-3/h4-6,9-10,12H,7-8,11H2,1-3H3. The molecule has 3 heterocycles. The Morgan fingerprint density at radius 3 is 2.84 bits per heavy atom. The van der Waals surface area contributed by atoms with Crippen molar-refractivity contribution in [1.82, 2.24) is 19.2 Å². The predicted molar refractivity (Wildman–Crippen MR) is 95.4 cm³/mol. The number of rotatable bonds is 3. The second-order valence-electron chi connectivity index (χ2n) is 6.56. The summed E-state index contributed by atoms with van der Waals surface area (Å²) < 4.78 is 8.78. The molecule has 0 amide bonds. The zero-order valence-corrected chi connectivity index (χ0v) is 14.6. The number of methoxy groups -OCH3 is 1. The molecular weight excluding hydrogens is 318 g/mol. The highest BCUT2D eigenvalue weighted by Crippen LogP contribution is 2.24. The second kappa shape index (κ2) is 5.91. The van der Waals surface area contributed by atoms with E-state index in [4.69, 9.17) is 9.84 Å². The Balaban J connectivity index is 1.77. The van der Waals surface area contributed by atoms with Gasteiger partial charge in [-0.1, -0.05) is 19.9 Å². The Morgan fingerprint density at radius 1 is 1.24 bits per heavy atom. The minimum absolute atomic E-state index is 0.0188. The fourth-order valence-electron chi connectivity index (χ4n) is 3.28. The lowest BCUT2D eigenvalue weighted by molar-refractivity contribution is 0.414. The molecule has 4 rings (SSSR count). The largest absolute Gasteiger partial charge is 0.497 e. The van der Waals surface area contributed by atoms with E-state index < -0.39 is 0 Å². The van der Waals surface area contributed by atoms with Gasteiger partial charge >= 0.3 is 0 Å². The average Bonchev–Trinajstić information content (AvgIpc) is 3.06. The van der Waals surface area contributed by atoms with Gasteiger partial charge in [-0.2, -0.15) is 5.10 Å². The van der Waals surface area contributed by atoms with E-state index in [9.17, 15) is 4.79 Å². The molecule has 0 N–H and O–H groups in total. The molecule has 0 bridgehead atoms. The van der Waals surface area contributed by atoms with Gasteiger partial charge in [0.15, 0.2) is 11.3 Å². The van der Waals surface area contributed by atoms with E-state index in [1.54, 1.807) is 22.4 Å². The zero-order chi connectivity index (χ0) is 17.6. The molecule has 0 saturated carbocycles.